The number of nitrogens with one attached hydrogen (secondary N) is 1. The molecule has 0 fully saturated rings. The minimum atomic E-state index is -0.954. The fourth-order valence-electron chi connectivity index (χ4n) is 2.61. The number of esters is 1. The Balaban J connectivity index is 1.52. The molecule has 0 saturated carbocycles. The molecule has 0 heterocycles. The van der Waals surface area contributed by atoms with Gasteiger partial charge in [0.05, 0.1) is 12.2 Å². The lowest BCUT2D eigenvalue weighted by molar-refractivity contribution is -0.123. The Morgan fingerprint density at radius 3 is 2.07 bits per heavy atom. The van der Waals surface area contributed by atoms with Gasteiger partial charge in [0.2, 0.25) is 0 Å². The molecule has 0 bridgehead atoms. The van der Waals surface area contributed by atoms with Crippen LogP contribution in [0.1, 0.15) is 24.2 Å². The number of anilines is 1. The van der Waals surface area contributed by atoms with Gasteiger partial charge in [0.25, 0.3) is 5.91 Å². The number of rotatable bonds is 8. The summed E-state index contributed by atoms with van der Waals surface area (Å²) >= 11 is 0. The molecule has 6 nitrogen and oxygen atoms in total. The Kier molecular flexibility index (Phi) is 7.05. The second-order valence-electron chi connectivity index (χ2n) is 6.43. The SMILES string of the molecule is CCOc1ccc(C(=O)O[C@H](C)C(=O)Nc2ccc(Oc3ccccc3)cc2)cc1. The number of hydrogen-bond acceptors (Lipinski definition) is 5. The van der Waals surface area contributed by atoms with E-state index in [2.05, 4.69) is 5.32 Å². The van der Waals surface area contributed by atoms with Crippen LogP contribution < -0.4 is 14.8 Å². The van der Waals surface area contributed by atoms with Crippen molar-refractivity contribution >= 4 is 17.6 Å². The molecule has 0 aliphatic rings. The van der Waals surface area contributed by atoms with Gasteiger partial charge < -0.3 is 19.5 Å². The van der Waals surface area contributed by atoms with E-state index in [0.29, 0.717) is 29.4 Å². The minimum absolute atomic E-state index is 0.348. The van der Waals surface area contributed by atoms with Gasteiger partial charge in [-0.2, -0.15) is 0 Å². The Morgan fingerprint density at radius 2 is 1.43 bits per heavy atom. The zero-order chi connectivity index (χ0) is 21.3. The van der Waals surface area contributed by atoms with Gasteiger partial charge >= 0.3 is 5.97 Å². The highest BCUT2D eigenvalue weighted by Crippen LogP contribution is 2.22. The van der Waals surface area contributed by atoms with E-state index in [1.807, 2.05) is 37.3 Å². The van der Waals surface area contributed by atoms with Crippen molar-refractivity contribution in [1.29, 1.82) is 0 Å². The van der Waals surface area contributed by atoms with Gasteiger partial charge in [-0.3, -0.25) is 4.79 Å². The average molecular weight is 405 g/mol. The molecule has 0 aliphatic carbocycles. The molecule has 0 spiro atoms. The maximum atomic E-state index is 12.4. The summed E-state index contributed by atoms with van der Waals surface area (Å²) in [6.07, 6.45) is -0.954. The van der Waals surface area contributed by atoms with Crippen LogP contribution in [0.3, 0.4) is 0 Å². The van der Waals surface area contributed by atoms with E-state index in [4.69, 9.17) is 14.2 Å². The zero-order valence-corrected chi connectivity index (χ0v) is 16.8. The van der Waals surface area contributed by atoms with E-state index in [-0.39, 0.29) is 0 Å². The molecule has 0 saturated heterocycles. The molecule has 0 unspecified atom stereocenters. The molecule has 1 N–H and O–H groups in total. The summed E-state index contributed by atoms with van der Waals surface area (Å²) in [7, 11) is 0. The number of carbonyl (C=O) groups excluding carboxylic acids is 2. The summed E-state index contributed by atoms with van der Waals surface area (Å²) in [5.41, 5.74) is 0.921. The van der Waals surface area contributed by atoms with Crippen molar-refractivity contribution in [3.8, 4) is 17.2 Å². The van der Waals surface area contributed by atoms with E-state index < -0.39 is 18.0 Å². The van der Waals surface area contributed by atoms with E-state index in [9.17, 15) is 9.59 Å². The van der Waals surface area contributed by atoms with Gasteiger partial charge in [0, 0.05) is 5.69 Å². The maximum absolute atomic E-state index is 12.4. The fraction of sp³-hybridized carbons (Fsp3) is 0.167. The zero-order valence-electron chi connectivity index (χ0n) is 16.8. The standard InChI is InChI=1S/C24H23NO5/c1-3-28-20-13-9-18(10-14-20)24(27)29-17(2)23(26)25-19-11-15-22(16-12-19)30-21-7-5-4-6-8-21/h4-17H,3H2,1-2H3,(H,25,26)/t17-/m1/s1. The van der Waals surface area contributed by atoms with Gasteiger partial charge in [-0.1, -0.05) is 18.2 Å². The monoisotopic (exact) mass is 405 g/mol. The Bertz CT molecular complexity index is 969. The van der Waals surface area contributed by atoms with E-state index in [1.165, 1.54) is 6.92 Å². The van der Waals surface area contributed by atoms with E-state index in [1.54, 1.807) is 48.5 Å². The van der Waals surface area contributed by atoms with Crippen LogP contribution in [0.25, 0.3) is 0 Å². The highest BCUT2D eigenvalue weighted by atomic mass is 16.5. The molecule has 154 valence electrons. The molecule has 6 heteroatoms. The van der Waals surface area contributed by atoms with Crippen molar-refractivity contribution in [3.63, 3.8) is 0 Å². The van der Waals surface area contributed by atoms with E-state index in [0.717, 1.165) is 5.75 Å². The summed E-state index contributed by atoms with van der Waals surface area (Å²) in [6.45, 7) is 3.95. The summed E-state index contributed by atoms with van der Waals surface area (Å²) in [5.74, 6) is 1.04. The van der Waals surface area contributed by atoms with Crippen molar-refractivity contribution in [2.75, 3.05) is 11.9 Å². The van der Waals surface area contributed by atoms with Crippen LogP contribution in [0.2, 0.25) is 0 Å². The van der Waals surface area contributed by atoms with Crippen LogP contribution in [0, 0.1) is 0 Å². The topological polar surface area (TPSA) is 73.9 Å². The van der Waals surface area contributed by atoms with Crippen LogP contribution in [0.15, 0.2) is 78.9 Å². The van der Waals surface area contributed by atoms with Crippen molar-refractivity contribution in [1.82, 2.24) is 0 Å². The first kappa shape index (κ1) is 20.9. The quantitative estimate of drug-likeness (QED) is 0.530. The number of hydrogen-bond donors (Lipinski definition) is 1. The lowest BCUT2D eigenvalue weighted by Gasteiger charge is -2.14. The Morgan fingerprint density at radius 1 is 0.833 bits per heavy atom. The van der Waals surface area contributed by atoms with Crippen LogP contribution in [0.5, 0.6) is 17.2 Å². The fourth-order valence-corrected chi connectivity index (χ4v) is 2.61. The number of ether oxygens (including phenoxy) is 3. The van der Waals surface area contributed by atoms with Gasteiger partial charge in [0.1, 0.15) is 17.2 Å². The van der Waals surface area contributed by atoms with Crippen molar-refractivity contribution in [2.24, 2.45) is 0 Å². The molecule has 0 radical (unpaired) electrons. The normalized spacial score (nSPS) is 11.3. The molecule has 3 rings (SSSR count). The molecule has 3 aromatic carbocycles. The first-order chi connectivity index (χ1) is 14.5. The third-order valence-corrected chi connectivity index (χ3v) is 4.15. The van der Waals surface area contributed by atoms with Crippen molar-refractivity contribution in [3.05, 3.63) is 84.4 Å². The smallest absolute Gasteiger partial charge is 0.338 e. The third kappa shape index (κ3) is 5.85. The van der Waals surface area contributed by atoms with Crippen LogP contribution in [0.4, 0.5) is 5.69 Å². The van der Waals surface area contributed by atoms with Gasteiger partial charge in [-0.25, -0.2) is 4.79 Å². The molecule has 0 aliphatic heterocycles. The number of para-hydroxylation sites is 1. The first-order valence-electron chi connectivity index (χ1n) is 9.63. The van der Waals surface area contributed by atoms with Crippen LogP contribution in [-0.4, -0.2) is 24.6 Å². The highest BCUT2D eigenvalue weighted by molar-refractivity contribution is 5.97. The molecule has 3 aromatic rings. The first-order valence-corrected chi connectivity index (χ1v) is 9.63. The second-order valence-corrected chi connectivity index (χ2v) is 6.43. The largest absolute Gasteiger partial charge is 0.494 e. The molecule has 1 atom stereocenters. The van der Waals surface area contributed by atoms with Gasteiger partial charge in [-0.05, 0) is 74.5 Å². The minimum Gasteiger partial charge on any atom is -0.494 e. The summed E-state index contributed by atoms with van der Waals surface area (Å²) in [6, 6.07) is 22.9. The van der Waals surface area contributed by atoms with Crippen molar-refractivity contribution < 1.29 is 23.8 Å². The van der Waals surface area contributed by atoms with Crippen LogP contribution in [-0.2, 0) is 9.53 Å². The number of carbonyl (C=O) groups is 2. The lowest BCUT2D eigenvalue weighted by atomic mass is 10.2. The third-order valence-electron chi connectivity index (χ3n) is 4.15. The molecular weight excluding hydrogens is 382 g/mol. The average Bonchev–Trinajstić information content (AvgIpc) is 2.76. The van der Waals surface area contributed by atoms with Crippen molar-refractivity contribution in [2.45, 2.75) is 20.0 Å². The maximum Gasteiger partial charge on any atom is 0.338 e. The predicted molar refractivity (Wildman–Crippen MR) is 114 cm³/mol. The number of amides is 1. The summed E-state index contributed by atoms with van der Waals surface area (Å²) in [5, 5.41) is 2.72. The Hall–Kier alpha value is -3.80. The molecule has 0 aromatic heterocycles. The molecule has 1 amide bonds. The molecule has 30 heavy (non-hydrogen) atoms. The second kappa shape index (κ2) is 10.1. The molecular formula is C24H23NO5. The van der Waals surface area contributed by atoms with Crippen LogP contribution >= 0.6 is 0 Å². The van der Waals surface area contributed by atoms with E-state index >= 15 is 0 Å². The summed E-state index contributed by atoms with van der Waals surface area (Å²) in [4.78, 5) is 24.6. The predicted octanol–water partition coefficient (Wildman–Crippen LogP) is 5.06. The summed E-state index contributed by atoms with van der Waals surface area (Å²) < 4.78 is 16.3. The Labute approximate surface area is 175 Å². The van der Waals surface area contributed by atoms with Gasteiger partial charge in [-0.15, -0.1) is 0 Å². The van der Waals surface area contributed by atoms with Gasteiger partial charge in [0.15, 0.2) is 6.10 Å². The highest BCUT2D eigenvalue weighted by Gasteiger charge is 2.19. The lowest BCUT2D eigenvalue weighted by Crippen LogP contribution is -2.29. The number of benzene rings is 3.